The van der Waals surface area contributed by atoms with E-state index in [1.165, 1.54) is 0 Å². The maximum Gasteiger partial charge on any atom is 0.273 e. The second-order valence-corrected chi connectivity index (χ2v) is 4.54. The molecule has 6 heteroatoms. The first kappa shape index (κ1) is 16.2. The van der Waals surface area contributed by atoms with Crippen molar-refractivity contribution in [3.05, 3.63) is 28.3 Å². The maximum atomic E-state index is 10.9. The molecule has 0 bridgehead atoms. The molecule has 2 N–H and O–H groups in total. The van der Waals surface area contributed by atoms with E-state index in [0.717, 1.165) is 50.3 Å². The van der Waals surface area contributed by atoms with Gasteiger partial charge in [0.2, 0.25) is 0 Å². The van der Waals surface area contributed by atoms with Crippen LogP contribution in [0.4, 0.5) is 17.1 Å². The molecule has 0 fully saturated rings. The van der Waals surface area contributed by atoms with Crippen molar-refractivity contribution >= 4 is 17.1 Å². The van der Waals surface area contributed by atoms with Crippen molar-refractivity contribution in [3.8, 4) is 0 Å². The summed E-state index contributed by atoms with van der Waals surface area (Å²) in [5.74, 6) is 0. The van der Waals surface area contributed by atoms with Gasteiger partial charge >= 0.3 is 0 Å². The van der Waals surface area contributed by atoms with Crippen LogP contribution in [0, 0.1) is 10.1 Å². The Labute approximate surface area is 119 Å². The van der Waals surface area contributed by atoms with Gasteiger partial charge in [-0.25, -0.2) is 0 Å². The van der Waals surface area contributed by atoms with Crippen LogP contribution in [0.1, 0.15) is 26.2 Å². The normalized spacial score (nSPS) is 10.3. The predicted molar refractivity (Wildman–Crippen MR) is 81.5 cm³/mol. The average Bonchev–Trinajstić information content (AvgIpc) is 2.43. The minimum atomic E-state index is -0.370. The molecule has 0 saturated heterocycles. The van der Waals surface area contributed by atoms with E-state index in [1.54, 1.807) is 19.2 Å². The molecule has 0 atom stereocenters. The van der Waals surface area contributed by atoms with Gasteiger partial charge in [0, 0.05) is 50.3 Å². The number of benzene rings is 1. The minimum Gasteiger partial charge on any atom is -0.385 e. The fourth-order valence-corrected chi connectivity index (χ4v) is 1.91. The molecule has 0 aliphatic carbocycles. The molecular weight excluding hydrogens is 258 g/mol. The number of non-ortho nitro benzene ring substituents is 1. The van der Waals surface area contributed by atoms with Crippen LogP contribution >= 0.6 is 0 Å². The Kier molecular flexibility index (Phi) is 7.42. The Morgan fingerprint density at radius 3 is 2.45 bits per heavy atom. The fraction of sp³-hybridized carbons (Fsp3) is 0.571. The van der Waals surface area contributed by atoms with Gasteiger partial charge < -0.3 is 15.4 Å². The third kappa shape index (κ3) is 5.88. The second kappa shape index (κ2) is 9.14. The van der Waals surface area contributed by atoms with Crippen LogP contribution in [-0.2, 0) is 4.74 Å². The van der Waals surface area contributed by atoms with Crippen molar-refractivity contribution in [1.82, 2.24) is 0 Å². The van der Waals surface area contributed by atoms with Crippen molar-refractivity contribution in [1.29, 1.82) is 0 Å². The van der Waals surface area contributed by atoms with Gasteiger partial charge in [-0.3, -0.25) is 10.1 Å². The van der Waals surface area contributed by atoms with Gasteiger partial charge in [0.25, 0.3) is 5.69 Å². The second-order valence-electron chi connectivity index (χ2n) is 4.54. The number of ether oxygens (including phenoxy) is 1. The molecule has 112 valence electrons. The zero-order valence-electron chi connectivity index (χ0n) is 12.1. The highest BCUT2D eigenvalue weighted by Crippen LogP contribution is 2.24. The summed E-state index contributed by atoms with van der Waals surface area (Å²) >= 11 is 0. The number of nitrogens with one attached hydrogen (secondary N) is 2. The minimum absolute atomic E-state index is 0.102. The predicted octanol–water partition coefficient (Wildman–Crippen LogP) is 3.26. The molecule has 0 heterocycles. The van der Waals surface area contributed by atoms with Crippen molar-refractivity contribution in [3.63, 3.8) is 0 Å². The number of unbranched alkanes of at least 4 members (excludes halogenated alkanes) is 2. The summed E-state index contributed by atoms with van der Waals surface area (Å²) < 4.78 is 4.99. The van der Waals surface area contributed by atoms with Crippen molar-refractivity contribution in [2.24, 2.45) is 0 Å². The van der Waals surface area contributed by atoms with Crippen molar-refractivity contribution in [2.75, 3.05) is 37.4 Å². The lowest BCUT2D eigenvalue weighted by molar-refractivity contribution is -0.384. The molecule has 0 unspecified atom stereocenters. The molecule has 0 spiro atoms. The van der Waals surface area contributed by atoms with Gasteiger partial charge in [-0.2, -0.15) is 0 Å². The quantitative estimate of drug-likeness (QED) is 0.391. The van der Waals surface area contributed by atoms with Crippen LogP contribution in [0.15, 0.2) is 18.2 Å². The van der Waals surface area contributed by atoms with E-state index in [4.69, 9.17) is 4.74 Å². The van der Waals surface area contributed by atoms with Gasteiger partial charge in [0.1, 0.15) is 0 Å². The molecule has 0 saturated carbocycles. The zero-order chi connectivity index (χ0) is 14.8. The molecule has 1 rings (SSSR count). The van der Waals surface area contributed by atoms with Gasteiger partial charge in [-0.15, -0.1) is 0 Å². The van der Waals surface area contributed by atoms with E-state index in [-0.39, 0.29) is 10.6 Å². The SMILES string of the molecule is CCNc1cc(NCCCCCOC)cc([N+](=O)[O-])c1. The first-order chi connectivity index (χ1) is 9.67. The van der Waals surface area contributed by atoms with Gasteiger partial charge in [0.05, 0.1) is 4.92 Å². The van der Waals surface area contributed by atoms with Crippen LogP contribution in [0.2, 0.25) is 0 Å². The monoisotopic (exact) mass is 281 g/mol. The molecule has 0 aliphatic rings. The number of rotatable bonds is 10. The summed E-state index contributed by atoms with van der Waals surface area (Å²) in [7, 11) is 1.70. The molecular formula is C14H23N3O3. The van der Waals surface area contributed by atoms with Crippen LogP contribution in [0.3, 0.4) is 0 Å². The molecule has 20 heavy (non-hydrogen) atoms. The Morgan fingerprint density at radius 2 is 1.85 bits per heavy atom. The summed E-state index contributed by atoms with van der Waals surface area (Å²) in [5.41, 5.74) is 1.65. The smallest absolute Gasteiger partial charge is 0.273 e. The Balaban J connectivity index is 2.53. The molecule has 0 radical (unpaired) electrons. The van der Waals surface area contributed by atoms with Gasteiger partial charge in [-0.05, 0) is 32.3 Å². The summed E-state index contributed by atoms with van der Waals surface area (Å²) in [6.45, 7) is 4.27. The summed E-state index contributed by atoms with van der Waals surface area (Å²) in [4.78, 5) is 10.5. The van der Waals surface area contributed by atoms with E-state index >= 15 is 0 Å². The number of nitro groups is 1. The number of hydrogen-bond acceptors (Lipinski definition) is 5. The third-order valence-corrected chi connectivity index (χ3v) is 2.86. The Morgan fingerprint density at radius 1 is 1.15 bits per heavy atom. The number of nitro benzene ring substituents is 1. The summed E-state index contributed by atoms with van der Waals surface area (Å²) in [6.07, 6.45) is 3.13. The van der Waals surface area contributed by atoms with E-state index < -0.39 is 0 Å². The molecule has 6 nitrogen and oxygen atoms in total. The highest BCUT2D eigenvalue weighted by atomic mass is 16.6. The lowest BCUT2D eigenvalue weighted by atomic mass is 10.2. The Hall–Kier alpha value is -1.82. The van der Waals surface area contributed by atoms with Crippen LogP contribution in [0.5, 0.6) is 0 Å². The lowest BCUT2D eigenvalue weighted by Crippen LogP contribution is -2.04. The van der Waals surface area contributed by atoms with E-state index in [0.29, 0.717) is 0 Å². The molecule has 1 aromatic rings. The zero-order valence-corrected chi connectivity index (χ0v) is 12.1. The maximum absolute atomic E-state index is 10.9. The highest BCUT2D eigenvalue weighted by molar-refractivity contribution is 5.63. The van der Waals surface area contributed by atoms with Crippen molar-refractivity contribution in [2.45, 2.75) is 26.2 Å². The third-order valence-electron chi connectivity index (χ3n) is 2.86. The number of hydrogen-bond donors (Lipinski definition) is 2. The molecule has 0 amide bonds. The number of methoxy groups -OCH3 is 1. The van der Waals surface area contributed by atoms with Gasteiger partial charge in [-0.1, -0.05) is 0 Å². The fourth-order valence-electron chi connectivity index (χ4n) is 1.91. The highest BCUT2D eigenvalue weighted by Gasteiger charge is 2.09. The number of nitrogens with zero attached hydrogens (tertiary/aromatic N) is 1. The standard InChI is InChI=1S/C14H23N3O3/c1-3-15-12-9-13(11-14(10-12)17(18)19)16-7-5-4-6-8-20-2/h9-11,15-16H,3-8H2,1-2H3. The van der Waals surface area contributed by atoms with Crippen LogP contribution in [0.25, 0.3) is 0 Å². The summed E-state index contributed by atoms with van der Waals surface area (Å²) in [6, 6.07) is 5.01. The molecule has 0 aliphatic heterocycles. The van der Waals surface area contributed by atoms with E-state index in [2.05, 4.69) is 10.6 Å². The summed E-state index contributed by atoms with van der Waals surface area (Å²) in [5, 5.41) is 17.2. The molecule has 1 aromatic carbocycles. The van der Waals surface area contributed by atoms with Crippen LogP contribution in [-0.4, -0.2) is 31.7 Å². The first-order valence-corrected chi connectivity index (χ1v) is 6.93. The number of anilines is 2. The Bertz CT molecular complexity index is 424. The van der Waals surface area contributed by atoms with Gasteiger partial charge in [0.15, 0.2) is 0 Å². The average molecular weight is 281 g/mol. The molecule has 0 aromatic heterocycles. The lowest BCUT2D eigenvalue weighted by Gasteiger charge is -2.09. The topological polar surface area (TPSA) is 76.4 Å². The first-order valence-electron chi connectivity index (χ1n) is 6.93. The largest absolute Gasteiger partial charge is 0.385 e. The van der Waals surface area contributed by atoms with Crippen molar-refractivity contribution < 1.29 is 9.66 Å². The van der Waals surface area contributed by atoms with E-state index in [9.17, 15) is 10.1 Å². The van der Waals surface area contributed by atoms with Crippen LogP contribution < -0.4 is 10.6 Å². The van der Waals surface area contributed by atoms with E-state index in [1.807, 2.05) is 13.0 Å².